The number of aromatic nitrogens is 1. The molecule has 0 unspecified atom stereocenters. The van der Waals surface area contributed by atoms with Crippen LogP contribution in [0.25, 0.3) is 10.9 Å². The van der Waals surface area contributed by atoms with Crippen LogP contribution in [0.4, 0.5) is 10.1 Å². The third-order valence-corrected chi connectivity index (χ3v) is 3.53. The number of halogens is 1. The molecule has 0 fully saturated rings. The highest BCUT2D eigenvalue weighted by Gasteiger charge is 2.16. The molecular weight excluding hydrogens is 215 g/mol. The van der Waals surface area contributed by atoms with Crippen LogP contribution < -0.4 is 5.73 Å². The molecule has 1 aromatic carbocycles. The number of fused-ring (bicyclic) bond motifs is 2. The average molecular weight is 230 g/mol. The van der Waals surface area contributed by atoms with Crippen LogP contribution >= 0.6 is 0 Å². The van der Waals surface area contributed by atoms with Crippen molar-refractivity contribution in [2.24, 2.45) is 0 Å². The first-order valence-electron chi connectivity index (χ1n) is 6.13. The molecule has 2 aromatic rings. The van der Waals surface area contributed by atoms with Crippen molar-refractivity contribution in [3.05, 3.63) is 35.3 Å². The Balaban J connectivity index is 2.34. The number of aryl methyl sites for hydroxylation is 1. The van der Waals surface area contributed by atoms with Crippen molar-refractivity contribution in [2.75, 3.05) is 5.73 Å². The van der Waals surface area contributed by atoms with Crippen LogP contribution in [0.5, 0.6) is 0 Å². The first-order chi connectivity index (χ1) is 8.27. The first-order valence-corrected chi connectivity index (χ1v) is 6.13. The molecule has 1 aliphatic carbocycles. The molecule has 0 bridgehead atoms. The summed E-state index contributed by atoms with van der Waals surface area (Å²) in [6.07, 6.45) is 5.37. The largest absolute Gasteiger partial charge is 0.398 e. The van der Waals surface area contributed by atoms with Gasteiger partial charge < -0.3 is 5.73 Å². The molecule has 0 spiro atoms. The highest BCUT2D eigenvalue weighted by molar-refractivity contribution is 5.92. The van der Waals surface area contributed by atoms with Crippen molar-refractivity contribution < 1.29 is 4.39 Å². The number of nitrogen functional groups attached to an aromatic ring is 1. The van der Waals surface area contributed by atoms with Gasteiger partial charge in [-0.1, -0.05) is 12.5 Å². The average Bonchev–Trinajstić information content (AvgIpc) is 2.54. The summed E-state index contributed by atoms with van der Waals surface area (Å²) in [6.45, 7) is 0. The predicted molar refractivity (Wildman–Crippen MR) is 67.4 cm³/mol. The maximum Gasteiger partial charge on any atom is 0.134 e. The molecule has 1 heterocycles. The van der Waals surface area contributed by atoms with Gasteiger partial charge in [-0.2, -0.15) is 0 Å². The molecule has 0 aliphatic heterocycles. The zero-order chi connectivity index (χ0) is 11.8. The number of nitrogens with zero attached hydrogens (tertiary/aromatic N) is 1. The van der Waals surface area contributed by atoms with E-state index in [-0.39, 0.29) is 5.82 Å². The number of rotatable bonds is 0. The minimum atomic E-state index is -0.264. The molecule has 0 amide bonds. The van der Waals surface area contributed by atoms with Crippen molar-refractivity contribution in [1.82, 2.24) is 4.98 Å². The summed E-state index contributed by atoms with van der Waals surface area (Å²) in [4.78, 5) is 4.58. The highest BCUT2D eigenvalue weighted by atomic mass is 19.1. The van der Waals surface area contributed by atoms with E-state index in [1.54, 1.807) is 6.07 Å². The lowest BCUT2D eigenvalue weighted by Gasteiger charge is -2.12. The minimum Gasteiger partial charge on any atom is -0.398 e. The minimum absolute atomic E-state index is 0.264. The highest BCUT2D eigenvalue weighted by Crippen LogP contribution is 2.31. The fourth-order valence-corrected chi connectivity index (χ4v) is 2.65. The third kappa shape index (κ3) is 1.66. The number of hydrogen-bond donors (Lipinski definition) is 1. The second kappa shape index (κ2) is 3.99. The fraction of sp³-hybridized carbons (Fsp3) is 0.357. The summed E-state index contributed by atoms with van der Waals surface area (Å²) in [7, 11) is 0. The number of anilines is 1. The van der Waals surface area contributed by atoms with E-state index in [9.17, 15) is 4.39 Å². The summed E-state index contributed by atoms with van der Waals surface area (Å²) in [5, 5.41) is 0.494. The number of hydrogen-bond acceptors (Lipinski definition) is 2. The number of nitrogens with two attached hydrogens (primary N) is 1. The maximum absolute atomic E-state index is 13.8. The number of pyridine rings is 1. The lowest BCUT2D eigenvalue weighted by Crippen LogP contribution is -2.04. The molecular formula is C14H15FN2. The van der Waals surface area contributed by atoms with Crippen molar-refractivity contribution in [1.29, 1.82) is 0 Å². The molecule has 0 saturated carbocycles. The second-order valence-electron chi connectivity index (χ2n) is 4.65. The van der Waals surface area contributed by atoms with E-state index >= 15 is 0 Å². The van der Waals surface area contributed by atoms with Crippen LogP contribution in [-0.4, -0.2) is 4.98 Å². The summed E-state index contributed by atoms with van der Waals surface area (Å²) >= 11 is 0. The van der Waals surface area contributed by atoms with Gasteiger partial charge in [0.05, 0.1) is 10.9 Å². The van der Waals surface area contributed by atoms with Gasteiger partial charge >= 0.3 is 0 Å². The molecule has 17 heavy (non-hydrogen) atoms. The van der Waals surface area contributed by atoms with Crippen LogP contribution in [0.3, 0.4) is 0 Å². The van der Waals surface area contributed by atoms with E-state index in [0.29, 0.717) is 16.6 Å². The van der Waals surface area contributed by atoms with Gasteiger partial charge in [-0.3, -0.25) is 4.98 Å². The predicted octanol–water partition coefficient (Wildman–Crippen LogP) is 3.23. The van der Waals surface area contributed by atoms with Crippen molar-refractivity contribution >= 4 is 16.6 Å². The summed E-state index contributed by atoms with van der Waals surface area (Å²) in [5.41, 5.74) is 9.55. The maximum atomic E-state index is 13.8. The smallest absolute Gasteiger partial charge is 0.134 e. The molecule has 1 aromatic heterocycles. The topological polar surface area (TPSA) is 38.9 Å². The molecule has 0 atom stereocenters. The van der Waals surface area contributed by atoms with Crippen LogP contribution in [-0.2, 0) is 12.8 Å². The van der Waals surface area contributed by atoms with Gasteiger partial charge in [-0.05, 0) is 43.4 Å². The Morgan fingerprint density at radius 2 is 1.94 bits per heavy atom. The Morgan fingerprint density at radius 3 is 2.82 bits per heavy atom. The van der Waals surface area contributed by atoms with Crippen LogP contribution in [0.2, 0.25) is 0 Å². The van der Waals surface area contributed by atoms with Gasteiger partial charge in [0.2, 0.25) is 0 Å². The van der Waals surface area contributed by atoms with Gasteiger partial charge in [0.15, 0.2) is 0 Å². The van der Waals surface area contributed by atoms with Crippen LogP contribution in [0, 0.1) is 5.82 Å². The fourth-order valence-electron chi connectivity index (χ4n) is 2.65. The number of benzene rings is 1. The van der Waals surface area contributed by atoms with E-state index < -0.39 is 0 Å². The van der Waals surface area contributed by atoms with E-state index in [2.05, 4.69) is 4.98 Å². The molecule has 3 rings (SSSR count). The van der Waals surface area contributed by atoms with Gasteiger partial charge in [0.25, 0.3) is 0 Å². The normalized spacial score (nSPS) is 15.6. The summed E-state index contributed by atoms with van der Waals surface area (Å²) in [5.74, 6) is -0.264. The molecule has 2 nitrogen and oxygen atoms in total. The summed E-state index contributed by atoms with van der Waals surface area (Å²) in [6, 6.07) is 4.97. The van der Waals surface area contributed by atoms with Crippen molar-refractivity contribution in [2.45, 2.75) is 32.1 Å². The van der Waals surface area contributed by atoms with Crippen LogP contribution in [0.1, 0.15) is 30.5 Å². The van der Waals surface area contributed by atoms with Gasteiger partial charge in [-0.15, -0.1) is 0 Å². The molecule has 88 valence electrons. The molecule has 1 aliphatic rings. The Hall–Kier alpha value is -1.64. The first kappa shape index (κ1) is 10.5. The second-order valence-corrected chi connectivity index (χ2v) is 4.65. The Labute approximate surface area is 99.7 Å². The molecule has 2 N–H and O–H groups in total. The standard InChI is InChI=1S/C14H15FN2/c15-10-6-4-8-12-13(10)14(16)9-5-2-1-3-7-11(9)17-12/h4,6,8H,1-3,5,7H2,(H2,16,17). The lowest BCUT2D eigenvalue weighted by molar-refractivity contribution is 0.639. The van der Waals surface area contributed by atoms with Gasteiger partial charge in [0, 0.05) is 11.4 Å². The molecule has 0 radical (unpaired) electrons. The van der Waals surface area contributed by atoms with Crippen molar-refractivity contribution in [3.63, 3.8) is 0 Å². The van der Waals surface area contributed by atoms with E-state index in [1.165, 1.54) is 12.5 Å². The zero-order valence-corrected chi connectivity index (χ0v) is 9.67. The molecule has 3 heteroatoms. The Morgan fingerprint density at radius 1 is 1.12 bits per heavy atom. The van der Waals surface area contributed by atoms with E-state index in [4.69, 9.17) is 5.73 Å². The lowest BCUT2D eigenvalue weighted by atomic mass is 10.0. The van der Waals surface area contributed by atoms with E-state index in [1.807, 2.05) is 6.07 Å². The van der Waals surface area contributed by atoms with Crippen molar-refractivity contribution in [3.8, 4) is 0 Å². The van der Waals surface area contributed by atoms with E-state index in [0.717, 1.165) is 36.9 Å². The zero-order valence-electron chi connectivity index (χ0n) is 9.67. The van der Waals surface area contributed by atoms with Gasteiger partial charge in [0.1, 0.15) is 5.82 Å². The SMILES string of the molecule is Nc1c2c(nc3cccc(F)c13)CCCCC2. The van der Waals surface area contributed by atoms with Gasteiger partial charge in [-0.25, -0.2) is 4.39 Å². The third-order valence-electron chi connectivity index (χ3n) is 3.53. The molecule has 0 saturated heterocycles. The summed E-state index contributed by atoms with van der Waals surface area (Å²) < 4.78 is 13.8. The monoisotopic (exact) mass is 230 g/mol. The quantitative estimate of drug-likeness (QED) is 0.706. The Bertz CT molecular complexity index is 578. The Kier molecular flexibility index (Phi) is 2.46. The van der Waals surface area contributed by atoms with Crippen LogP contribution in [0.15, 0.2) is 18.2 Å².